The second kappa shape index (κ2) is 6.31. The summed E-state index contributed by atoms with van der Waals surface area (Å²) in [7, 11) is 0. The van der Waals surface area contributed by atoms with Crippen molar-refractivity contribution >= 4 is 51.4 Å². The number of rotatable bonds is 5. The Morgan fingerprint density at radius 2 is 2.17 bits per heavy atom. The van der Waals surface area contributed by atoms with Crippen molar-refractivity contribution in [1.29, 1.82) is 0 Å². The van der Waals surface area contributed by atoms with Crippen LogP contribution in [0.25, 0.3) is 10.2 Å². The van der Waals surface area contributed by atoms with Gasteiger partial charge in [0.25, 0.3) is 0 Å². The lowest BCUT2D eigenvalue weighted by atomic mass is 10.1. The van der Waals surface area contributed by atoms with E-state index in [9.17, 15) is 14.7 Å². The highest BCUT2D eigenvalue weighted by molar-refractivity contribution is 7.22. The molecule has 0 aliphatic carbocycles. The molecule has 7 nitrogen and oxygen atoms in total. The lowest BCUT2D eigenvalue weighted by Gasteiger charge is -2.24. The molecule has 0 radical (unpaired) electrons. The van der Waals surface area contributed by atoms with Gasteiger partial charge in [-0.15, -0.1) is 11.3 Å². The van der Waals surface area contributed by atoms with Crippen LogP contribution in [0.2, 0.25) is 4.34 Å². The van der Waals surface area contributed by atoms with Gasteiger partial charge in [0.15, 0.2) is 5.84 Å². The molecule has 2 rings (SSSR count). The first-order valence-electron chi connectivity index (χ1n) is 6.66. The smallest absolute Gasteiger partial charge is 0.325 e. The highest BCUT2D eigenvalue weighted by atomic mass is 35.5. The van der Waals surface area contributed by atoms with E-state index in [0.29, 0.717) is 10.7 Å². The molecule has 0 aromatic carbocycles. The molecule has 0 saturated carbocycles. The lowest BCUT2D eigenvalue weighted by Crippen LogP contribution is -2.40. The minimum atomic E-state index is -1.41. The van der Waals surface area contributed by atoms with Crippen LogP contribution in [-0.4, -0.2) is 50.1 Å². The van der Waals surface area contributed by atoms with Crippen LogP contribution >= 0.6 is 22.9 Å². The fourth-order valence-electron chi connectivity index (χ4n) is 2.17. The van der Waals surface area contributed by atoms with E-state index in [1.54, 1.807) is 10.6 Å². The topological polar surface area (TPSA) is 95.1 Å². The molecular weight excluding hydrogens is 342 g/mol. The van der Waals surface area contributed by atoms with E-state index in [4.69, 9.17) is 16.7 Å². The number of carbonyl (C=O) groups excluding carboxylic acids is 1. The molecular formula is C14H16ClN3O4S. The van der Waals surface area contributed by atoms with Gasteiger partial charge in [0.2, 0.25) is 6.41 Å². The Bertz CT molecular complexity index is 788. The third-order valence-corrected chi connectivity index (χ3v) is 4.25. The van der Waals surface area contributed by atoms with Crippen molar-refractivity contribution in [3.05, 3.63) is 22.2 Å². The number of aliphatic carboxylic acids is 1. The standard InChI is InChI=1S/C14H16ClN3O4S/c1-8-4-10-9(5-11(15)23-10)18(8)13(14(2,3)22)16-17(7-19)6-12(20)21/h4-5,7,22H,6H2,1-3H3,(H,20,21)/b16-13-. The number of carboxylic acid groups (broad SMARTS) is 1. The van der Waals surface area contributed by atoms with Gasteiger partial charge in [-0.1, -0.05) is 11.6 Å². The summed E-state index contributed by atoms with van der Waals surface area (Å²) in [5.41, 5.74) is 0.106. The van der Waals surface area contributed by atoms with Crippen molar-refractivity contribution in [2.45, 2.75) is 26.4 Å². The maximum absolute atomic E-state index is 11.1. The van der Waals surface area contributed by atoms with Crippen LogP contribution in [-0.2, 0) is 9.59 Å². The summed E-state index contributed by atoms with van der Waals surface area (Å²) in [4.78, 5) is 21.9. The van der Waals surface area contributed by atoms with E-state index >= 15 is 0 Å². The SMILES string of the molecule is Cc1cc2sc(Cl)cc2n1/C(=N\N(C=O)CC(=O)O)C(C)(C)O. The second-order valence-corrected chi connectivity index (χ2v) is 7.22. The zero-order chi connectivity index (χ0) is 17.4. The van der Waals surface area contributed by atoms with E-state index < -0.39 is 18.1 Å². The monoisotopic (exact) mass is 357 g/mol. The van der Waals surface area contributed by atoms with Gasteiger partial charge in [0.05, 0.1) is 14.6 Å². The van der Waals surface area contributed by atoms with Crippen LogP contribution < -0.4 is 0 Å². The molecule has 0 fully saturated rings. The molecule has 124 valence electrons. The number of nitrogens with zero attached hydrogens (tertiary/aromatic N) is 3. The zero-order valence-corrected chi connectivity index (χ0v) is 14.4. The van der Waals surface area contributed by atoms with E-state index in [0.717, 1.165) is 20.9 Å². The molecule has 0 spiro atoms. The van der Waals surface area contributed by atoms with Gasteiger partial charge in [-0.2, -0.15) is 5.10 Å². The second-order valence-electron chi connectivity index (χ2n) is 5.50. The quantitative estimate of drug-likeness (QED) is 0.371. The van der Waals surface area contributed by atoms with E-state index in [1.807, 2.05) is 13.0 Å². The van der Waals surface area contributed by atoms with Crippen LogP contribution in [0.5, 0.6) is 0 Å². The molecule has 2 aromatic heterocycles. The molecule has 2 heterocycles. The summed E-state index contributed by atoms with van der Waals surface area (Å²) in [6, 6.07) is 3.62. The van der Waals surface area contributed by atoms with Gasteiger partial charge < -0.3 is 10.2 Å². The van der Waals surface area contributed by atoms with Gasteiger partial charge in [0, 0.05) is 5.69 Å². The molecule has 0 aliphatic heterocycles. The van der Waals surface area contributed by atoms with Crippen LogP contribution in [0, 0.1) is 6.92 Å². The van der Waals surface area contributed by atoms with Crippen LogP contribution in [0.15, 0.2) is 17.2 Å². The number of aromatic nitrogens is 1. The van der Waals surface area contributed by atoms with Crippen LogP contribution in [0.4, 0.5) is 0 Å². The van der Waals surface area contributed by atoms with Crippen molar-refractivity contribution < 1.29 is 19.8 Å². The van der Waals surface area contributed by atoms with Crippen LogP contribution in [0.3, 0.4) is 0 Å². The Morgan fingerprint density at radius 3 is 2.70 bits per heavy atom. The Hall–Kier alpha value is -1.90. The maximum atomic E-state index is 11.1. The summed E-state index contributed by atoms with van der Waals surface area (Å²) in [6.07, 6.45) is 0.302. The largest absolute Gasteiger partial charge is 0.480 e. The van der Waals surface area contributed by atoms with Gasteiger partial charge in [-0.3, -0.25) is 14.2 Å². The number of halogens is 1. The lowest BCUT2D eigenvalue weighted by molar-refractivity contribution is -0.140. The van der Waals surface area contributed by atoms with E-state index in [2.05, 4.69) is 5.10 Å². The molecule has 0 saturated heterocycles. The minimum Gasteiger partial charge on any atom is -0.480 e. The number of fused-ring (bicyclic) bond motifs is 1. The van der Waals surface area contributed by atoms with Crippen molar-refractivity contribution in [2.24, 2.45) is 5.10 Å². The third kappa shape index (κ3) is 3.72. The Morgan fingerprint density at radius 1 is 1.52 bits per heavy atom. The van der Waals surface area contributed by atoms with E-state index in [-0.39, 0.29) is 5.84 Å². The predicted molar refractivity (Wildman–Crippen MR) is 89.1 cm³/mol. The summed E-state index contributed by atoms with van der Waals surface area (Å²) < 4.78 is 3.15. The van der Waals surface area contributed by atoms with Crippen molar-refractivity contribution in [3.8, 4) is 0 Å². The first-order valence-corrected chi connectivity index (χ1v) is 7.86. The summed E-state index contributed by atoms with van der Waals surface area (Å²) >= 11 is 7.41. The molecule has 2 aromatic rings. The molecule has 9 heteroatoms. The highest BCUT2D eigenvalue weighted by Crippen LogP contribution is 2.33. The highest BCUT2D eigenvalue weighted by Gasteiger charge is 2.28. The number of aryl methyl sites for hydroxylation is 1. The van der Waals surface area contributed by atoms with Gasteiger partial charge in [-0.05, 0) is 32.9 Å². The van der Waals surface area contributed by atoms with Crippen LogP contribution in [0.1, 0.15) is 19.5 Å². The Kier molecular flexibility index (Phi) is 4.79. The molecule has 0 atom stereocenters. The number of amides is 1. The number of hydrazone groups is 1. The summed E-state index contributed by atoms with van der Waals surface area (Å²) in [6.45, 7) is 4.24. The number of hydrogen-bond donors (Lipinski definition) is 2. The average molecular weight is 358 g/mol. The first-order chi connectivity index (χ1) is 10.6. The first kappa shape index (κ1) is 17.5. The molecule has 23 heavy (non-hydrogen) atoms. The average Bonchev–Trinajstić information content (AvgIpc) is 2.88. The van der Waals surface area contributed by atoms with Gasteiger partial charge in [0.1, 0.15) is 12.1 Å². The predicted octanol–water partition coefficient (Wildman–Crippen LogP) is 2.14. The fraction of sp³-hybridized carbons (Fsp3) is 0.357. The molecule has 2 N–H and O–H groups in total. The van der Waals surface area contributed by atoms with Crippen molar-refractivity contribution in [3.63, 3.8) is 0 Å². The van der Waals surface area contributed by atoms with Gasteiger partial charge in [-0.25, -0.2) is 5.01 Å². The summed E-state index contributed by atoms with van der Waals surface area (Å²) in [5.74, 6) is -1.07. The molecule has 0 unspecified atom stereocenters. The number of hydrogen-bond acceptors (Lipinski definition) is 5. The molecule has 0 aliphatic rings. The molecule has 1 amide bonds. The number of carboxylic acids is 1. The van der Waals surface area contributed by atoms with Gasteiger partial charge >= 0.3 is 5.97 Å². The Balaban J connectivity index is 2.64. The van der Waals surface area contributed by atoms with Crippen molar-refractivity contribution in [1.82, 2.24) is 9.58 Å². The maximum Gasteiger partial charge on any atom is 0.325 e. The number of aliphatic hydroxyl groups is 1. The Labute approximate surface area is 141 Å². The summed E-state index contributed by atoms with van der Waals surface area (Å²) in [5, 5.41) is 24.1. The number of thiophene rings is 1. The minimum absolute atomic E-state index is 0.132. The fourth-order valence-corrected chi connectivity index (χ4v) is 3.38. The third-order valence-electron chi connectivity index (χ3n) is 3.04. The molecule has 0 bridgehead atoms. The van der Waals surface area contributed by atoms with Crippen molar-refractivity contribution in [2.75, 3.05) is 6.54 Å². The van der Waals surface area contributed by atoms with E-state index in [1.165, 1.54) is 25.2 Å². The number of carbonyl (C=O) groups is 2. The normalized spacial score (nSPS) is 12.7. The zero-order valence-electron chi connectivity index (χ0n) is 12.8.